The first-order valence-electron chi connectivity index (χ1n) is 5.96. The monoisotopic (exact) mass is 290 g/mol. The van der Waals surface area contributed by atoms with E-state index in [0.29, 0.717) is 5.69 Å². The molecule has 0 N–H and O–H groups in total. The van der Waals surface area contributed by atoms with Crippen molar-refractivity contribution >= 4 is 12.9 Å². The summed E-state index contributed by atoms with van der Waals surface area (Å²) < 4.78 is 25.2. The predicted octanol–water partition coefficient (Wildman–Crippen LogP) is 0.284. The summed E-state index contributed by atoms with van der Waals surface area (Å²) in [7, 11) is -0.882. The minimum absolute atomic E-state index is 0.0826. The number of aromatic nitrogens is 2. The van der Waals surface area contributed by atoms with Crippen LogP contribution in [0.1, 0.15) is 19.5 Å². The first kappa shape index (κ1) is 15.9. The van der Waals surface area contributed by atoms with Crippen LogP contribution in [0.4, 0.5) is 0 Å². The van der Waals surface area contributed by atoms with Crippen LogP contribution in [0.25, 0.3) is 0 Å². The minimum Gasteiger partial charge on any atom is -0.305 e. The van der Waals surface area contributed by atoms with E-state index in [4.69, 9.17) is 9.05 Å². The van der Waals surface area contributed by atoms with Crippen LogP contribution in [0.5, 0.6) is 0 Å². The third-order valence-corrected chi connectivity index (χ3v) is 5.06. The second-order valence-electron chi connectivity index (χ2n) is 3.97. The van der Waals surface area contributed by atoms with Crippen molar-refractivity contribution in [1.29, 1.82) is 0 Å². The van der Waals surface area contributed by atoms with Gasteiger partial charge in [0.25, 0.3) is 5.56 Å². The van der Waals surface area contributed by atoms with Crippen molar-refractivity contribution in [2.45, 2.75) is 20.8 Å². The lowest BCUT2D eigenvalue weighted by Gasteiger charge is -2.20. The third kappa shape index (κ3) is 2.73. The standard InChI is InChI=1S/C11H19N2O5P/c1-6-17-19(16,18-7-2)9-8(3)12(4)11(15)13(5)10(9)14/h6-7H2,1-5H3. The summed E-state index contributed by atoms with van der Waals surface area (Å²) in [6.45, 7) is 5.15. The lowest BCUT2D eigenvalue weighted by atomic mass is 10.4. The van der Waals surface area contributed by atoms with Gasteiger partial charge in [0.1, 0.15) is 5.30 Å². The van der Waals surface area contributed by atoms with Crippen molar-refractivity contribution in [3.05, 3.63) is 26.5 Å². The van der Waals surface area contributed by atoms with E-state index in [1.165, 1.54) is 18.7 Å². The van der Waals surface area contributed by atoms with Crippen LogP contribution in [0.2, 0.25) is 0 Å². The van der Waals surface area contributed by atoms with Crippen molar-refractivity contribution < 1.29 is 13.6 Å². The average molecular weight is 290 g/mol. The number of rotatable bonds is 5. The van der Waals surface area contributed by atoms with E-state index in [9.17, 15) is 14.2 Å². The summed E-state index contributed by atoms with van der Waals surface area (Å²) in [5.74, 6) is 0. The fourth-order valence-electron chi connectivity index (χ4n) is 1.75. The molecule has 0 aliphatic rings. The van der Waals surface area contributed by atoms with E-state index in [1.54, 1.807) is 20.8 Å². The quantitative estimate of drug-likeness (QED) is 0.728. The fourth-order valence-corrected chi connectivity index (χ4v) is 3.69. The molecule has 0 radical (unpaired) electrons. The molecule has 1 aromatic heterocycles. The number of hydrogen-bond donors (Lipinski definition) is 0. The highest BCUT2D eigenvalue weighted by Crippen LogP contribution is 2.46. The van der Waals surface area contributed by atoms with Gasteiger partial charge in [-0.3, -0.25) is 18.5 Å². The number of hydrogen-bond acceptors (Lipinski definition) is 5. The highest BCUT2D eigenvalue weighted by molar-refractivity contribution is 7.62. The average Bonchev–Trinajstić information content (AvgIpc) is 2.34. The van der Waals surface area contributed by atoms with Crippen LogP contribution in [-0.4, -0.2) is 22.3 Å². The number of nitrogens with zero attached hydrogens (tertiary/aromatic N) is 2. The molecular weight excluding hydrogens is 271 g/mol. The van der Waals surface area contributed by atoms with E-state index in [1.807, 2.05) is 0 Å². The molecular formula is C11H19N2O5P. The molecule has 0 bridgehead atoms. The highest BCUT2D eigenvalue weighted by Gasteiger charge is 2.34. The van der Waals surface area contributed by atoms with Crippen molar-refractivity contribution in [3.8, 4) is 0 Å². The molecule has 0 aromatic carbocycles. The highest BCUT2D eigenvalue weighted by atomic mass is 31.2. The van der Waals surface area contributed by atoms with Crippen LogP contribution in [0.3, 0.4) is 0 Å². The molecule has 108 valence electrons. The SMILES string of the molecule is CCOP(=O)(OCC)c1c(C)n(C)c(=O)n(C)c1=O. The van der Waals surface area contributed by atoms with E-state index in [2.05, 4.69) is 0 Å². The molecule has 0 saturated heterocycles. The van der Waals surface area contributed by atoms with Gasteiger partial charge in [-0.05, 0) is 20.8 Å². The van der Waals surface area contributed by atoms with Crippen molar-refractivity contribution in [2.75, 3.05) is 13.2 Å². The maximum absolute atomic E-state index is 12.7. The zero-order chi connectivity index (χ0) is 14.8. The molecule has 1 heterocycles. The van der Waals surface area contributed by atoms with Crippen LogP contribution in [-0.2, 0) is 27.7 Å². The largest absolute Gasteiger partial charge is 0.368 e. The first-order chi connectivity index (χ1) is 8.80. The Morgan fingerprint density at radius 3 is 1.95 bits per heavy atom. The van der Waals surface area contributed by atoms with Crippen LogP contribution in [0, 0.1) is 6.92 Å². The molecule has 0 unspecified atom stereocenters. The zero-order valence-electron chi connectivity index (χ0n) is 11.8. The summed E-state index contributed by atoms with van der Waals surface area (Å²) in [6.07, 6.45) is 0. The van der Waals surface area contributed by atoms with Gasteiger partial charge in [-0.15, -0.1) is 0 Å². The van der Waals surface area contributed by atoms with Gasteiger partial charge in [-0.1, -0.05) is 0 Å². The maximum atomic E-state index is 12.7. The predicted molar refractivity (Wildman–Crippen MR) is 72.2 cm³/mol. The van der Waals surface area contributed by atoms with E-state index < -0.39 is 18.8 Å². The molecule has 8 heteroatoms. The lowest BCUT2D eigenvalue weighted by Crippen LogP contribution is -2.47. The van der Waals surface area contributed by atoms with Gasteiger partial charge in [-0.25, -0.2) is 4.79 Å². The van der Waals surface area contributed by atoms with Gasteiger partial charge in [0, 0.05) is 19.8 Å². The van der Waals surface area contributed by atoms with Crippen LogP contribution >= 0.6 is 7.60 Å². The van der Waals surface area contributed by atoms with Crippen LogP contribution in [0.15, 0.2) is 9.59 Å². The minimum atomic E-state index is -3.71. The lowest BCUT2D eigenvalue weighted by molar-refractivity contribution is 0.229. The van der Waals surface area contributed by atoms with Crippen molar-refractivity contribution in [2.24, 2.45) is 14.1 Å². The summed E-state index contributed by atoms with van der Waals surface area (Å²) in [4.78, 5) is 23.9. The fraction of sp³-hybridized carbons (Fsp3) is 0.636. The first-order valence-corrected chi connectivity index (χ1v) is 7.50. The normalized spacial score (nSPS) is 11.8. The maximum Gasteiger partial charge on any atom is 0.368 e. The summed E-state index contributed by atoms with van der Waals surface area (Å²) in [6, 6.07) is 0. The second-order valence-corrected chi connectivity index (χ2v) is 5.93. The Bertz CT molecular complexity index is 621. The molecule has 0 spiro atoms. The van der Waals surface area contributed by atoms with Gasteiger partial charge in [-0.2, -0.15) is 0 Å². The molecule has 0 amide bonds. The van der Waals surface area contributed by atoms with Gasteiger partial charge in [0.15, 0.2) is 0 Å². The Morgan fingerprint density at radius 2 is 1.53 bits per heavy atom. The molecule has 0 saturated carbocycles. The molecule has 0 aliphatic carbocycles. The van der Waals surface area contributed by atoms with E-state index in [0.717, 1.165) is 4.57 Å². The van der Waals surface area contributed by atoms with E-state index in [-0.39, 0.29) is 18.5 Å². The molecule has 19 heavy (non-hydrogen) atoms. The van der Waals surface area contributed by atoms with Crippen molar-refractivity contribution in [1.82, 2.24) is 9.13 Å². The second kappa shape index (κ2) is 5.86. The Morgan fingerprint density at radius 1 is 1.05 bits per heavy atom. The molecule has 1 rings (SSSR count). The van der Waals surface area contributed by atoms with Gasteiger partial charge in [0.05, 0.1) is 13.2 Å². The Labute approximate surface area is 111 Å². The molecule has 0 atom stereocenters. The van der Waals surface area contributed by atoms with Crippen LogP contribution < -0.4 is 16.6 Å². The Hall–Kier alpha value is -1.17. The Balaban J connectivity index is 3.71. The third-order valence-electron chi connectivity index (χ3n) is 2.80. The Kier molecular flexibility index (Phi) is 4.90. The molecule has 0 aliphatic heterocycles. The van der Waals surface area contributed by atoms with Gasteiger partial charge < -0.3 is 9.05 Å². The van der Waals surface area contributed by atoms with E-state index >= 15 is 0 Å². The summed E-state index contributed by atoms with van der Waals surface area (Å²) in [5, 5.41) is -0.0826. The molecule has 0 fully saturated rings. The smallest absolute Gasteiger partial charge is 0.305 e. The summed E-state index contributed by atoms with van der Waals surface area (Å²) in [5.41, 5.74) is -0.838. The topological polar surface area (TPSA) is 79.5 Å². The van der Waals surface area contributed by atoms with Crippen molar-refractivity contribution in [3.63, 3.8) is 0 Å². The van der Waals surface area contributed by atoms with Gasteiger partial charge in [0.2, 0.25) is 0 Å². The van der Waals surface area contributed by atoms with Gasteiger partial charge >= 0.3 is 13.3 Å². The zero-order valence-corrected chi connectivity index (χ0v) is 12.7. The summed E-state index contributed by atoms with van der Waals surface area (Å²) >= 11 is 0. The molecule has 7 nitrogen and oxygen atoms in total. The molecule has 1 aromatic rings.